The van der Waals surface area contributed by atoms with Crippen molar-refractivity contribution in [1.82, 2.24) is 5.32 Å². The summed E-state index contributed by atoms with van der Waals surface area (Å²) in [6.45, 7) is 3.88. The fraction of sp³-hybridized carbons (Fsp3) is 0.190. The summed E-state index contributed by atoms with van der Waals surface area (Å²) in [6, 6.07) is 17.6. The molecule has 0 saturated heterocycles. The van der Waals surface area contributed by atoms with Crippen LogP contribution >= 0.6 is 11.3 Å². The average molecular weight is 400 g/mol. The molecule has 6 heteroatoms. The maximum absolute atomic E-state index is 13.2. The van der Waals surface area contributed by atoms with Gasteiger partial charge >= 0.3 is 0 Å². The van der Waals surface area contributed by atoms with Gasteiger partial charge in [0.05, 0.1) is 4.90 Å². The molecule has 1 amide bonds. The number of sulfone groups is 1. The lowest BCUT2D eigenvalue weighted by Gasteiger charge is -2.17. The Morgan fingerprint density at radius 1 is 0.963 bits per heavy atom. The maximum atomic E-state index is 13.2. The number of hydrogen-bond donors (Lipinski definition) is 1. The largest absolute Gasteiger partial charge is 0.350 e. The first-order valence-electron chi connectivity index (χ1n) is 8.57. The Kier molecular flexibility index (Phi) is 5.77. The molecule has 3 rings (SSSR count). The molecule has 0 spiro atoms. The van der Waals surface area contributed by atoms with Crippen molar-refractivity contribution in [2.75, 3.05) is 6.54 Å². The van der Waals surface area contributed by atoms with Gasteiger partial charge in [0.2, 0.25) is 0 Å². The van der Waals surface area contributed by atoms with Crippen molar-refractivity contribution in [3.8, 4) is 0 Å². The number of rotatable bonds is 6. The quantitative estimate of drug-likeness (QED) is 0.672. The normalized spacial score (nSPS) is 12.5. The minimum absolute atomic E-state index is 0.0173. The van der Waals surface area contributed by atoms with E-state index in [4.69, 9.17) is 0 Å². The van der Waals surface area contributed by atoms with Gasteiger partial charge in [0.1, 0.15) is 5.25 Å². The number of benzene rings is 2. The molecule has 0 aliphatic carbocycles. The molecule has 2 aromatic carbocycles. The summed E-state index contributed by atoms with van der Waals surface area (Å²) in [6.07, 6.45) is 0. The van der Waals surface area contributed by atoms with Crippen LogP contribution in [0.2, 0.25) is 0 Å². The predicted octanol–water partition coefficient (Wildman–Crippen LogP) is 4.31. The van der Waals surface area contributed by atoms with Crippen LogP contribution < -0.4 is 5.32 Å². The molecule has 1 atom stereocenters. The van der Waals surface area contributed by atoms with Crippen LogP contribution in [-0.2, 0) is 9.84 Å². The van der Waals surface area contributed by atoms with Crippen LogP contribution in [0.4, 0.5) is 0 Å². The Balaban J connectivity index is 1.85. The van der Waals surface area contributed by atoms with Crippen LogP contribution in [0.5, 0.6) is 0 Å². The summed E-state index contributed by atoms with van der Waals surface area (Å²) < 4.78 is 26.4. The Morgan fingerprint density at radius 3 is 2.11 bits per heavy atom. The molecule has 0 aliphatic rings. The average Bonchev–Trinajstić information content (AvgIpc) is 3.16. The topological polar surface area (TPSA) is 63.2 Å². The number of hydrogen-bond acceptors (Lipinski definition) is 4. The summed E-state index contributed by atoms with van der Waals surface area (Å²) >= 11 is 1.37. The van der Waals surface area contributed by atoms with E-state index in [1.165, 1.54) is 11.3 Å². The summed E-state index contributed by atoms with van der Waals surface area (Å²) in [5.41, 5.74) is 2.57. The highest BCUT2D eigenvalue weighted by Gasteiger charge is 2.30. The lowest BCUT2D eigenvalue weighted by molar-refractivity contribution is 0.0953. The predicted molar refractivity (Wildman–Crippen MR) is 109 cm³/mol. The molecule has 0 aliphatic heterocycles. The first-order chi connectivity index (χ1) is 12.9. The van der Waals surface area contributed by atoms with Gasteiger partial charge in [0.15, 0.2) is 9.84 Å². The molecular weight excluding hydrogens is 378 g/mol. The van der Waals surface area contributed by atoms with Crippen molar-refractivity contribution < 1.29 is 13.2 Å². The number of aryl methyl sites for hydroxylation is 2. The second-order valence-electron chi connectivity index (χ2n) is 6.44. The summed E-state index contributed by atoms with van der Waals surface area (Å²) in [5, 5.41) is 3.80. The fourth-order valence-electron chi connectivity index (χ4n) is 2.72. The van der Waals surface area contributed by atoms with Gasteiger partial charge in [-0.2, -0.15) is 0 Å². The monoisotopic (exact) mass is 399 g/mol. The molecule has 1 N–H and O–H groups in total. The Bertz CT molecular complexity index is 1010. The van der Waals surface area contributed by atoms with E-state index < -0.39 is 15.1 Å². The Morgan fingerprint density at radius 2 is 1.56 bits per heavy atom. The maximum Gasteiger partial charge on any atom is 0.251 e. The third-order valence-electron chi connectivity index (χ3n) is 4.35. The number of thiophene rings is 1. The third kappa shape index (κ3) is 4.46. The summed E-state index contributed by atoms with van der Waals surface area (Å²) in [4.78, 5) is 13.4. The van der Waals surface area contributed by atoms with Crippen LogP contribution in [0, 0.1) is 13.8 Å². The zero-order valence-electron chi connectivity index (χ0n) is 15.2. The SMILES string of the molecule is Cc1ccc(C(=O)NC[C@@H](c2cccs2)S(=O)(=O)c2ccc(C)cc2)cc1. The highest BCUT2D eigenvalue weighted by Crippen LogP contribution is 2.31. The lowest BCUT2D eigenvalue weighted by atomic mass is 10.1. The van der Waals surface area contributed by atoms with E-state index in [2.05, 4.69) is 5.32 Å². The van der Waals surface area contributed by atoms with Crippen molar-refractivity contribution in [2.24, 2.45) is 0 Å². The molecule has 140 valence electrons. The molecule has 4 nitrogen and oxygen atoms in total. The zero-order chi connectivity index (χ0) is 19.4. The second kappa shape index (κ2) is 8.06. The number of nitrogens with one attached hydrogen (secondary N) is 1. The number of amides is 1. The molecular formula is C21H21NO3S2. The van der Waals surface area contributed by atoms with Gasteiger partial charge in [-0.1, -0.05) is 41.5 Å². The highest BCUT2D eigenvalue weighted by molar-refractivity contribution is 7.91. The summed E-state index contributed by atoms with van der Waals surface area (Å²) in [7, 11) is -3.63. The molecule has 1 heterocycles. The standard InChI is InChI=1S/C21H21NO3S2/c1-15-5-9-17(10-6-15)21(23)22-14-20(19-4-3-13-26-19)27(24,25)18-11-7-16(2)8-12-18/h3-13,20H,14H2,1-2H3,(H,22,23)/t20-/m0/s1. The smallest absolute Gasteiger partial charge is 0.251 e. The van der Waals surface area contributed by atoms with Gasteiger partial charge in [0.25, 0.3) is 5.91 Å². The molecule has 0 fully saturated rings. The number of carbonyl (C=O) groups is 1. The molecule has 0 radical (unpaired) electrons. The minimum atomic E-state index is -3.63. The van der Waals surface area contributed by atoms with Crippen LogP contribution in [0.15, 0.2) is 70.9 Å². The molecule has 0 bridgehead atoms. The van der Waals surface area contributed by atoms with Crippen LogP contribution in [0.3, 0.4) is 0 Å². The van der Waals surface area contributed by atoms with Crippen molar-refractivity contribution in [2.45, 2.75) is 24.0 Å². The van der Waals surface area contributed by atoms with E-state index >= 15 is 0 Å². The molecule has 0 saturated carbocycles. The first-order valence-corrected chi connectivity index (χ1v) is 11.0. The van der Waals surface area contributed by atoms with E-state index in [-0.39, 0.29) is 17.3 Å². The van der Waals surface area contributed by atoms with Crippen molar-refractivity contribution in [3.63, 3.8) is 0 Å². The van der Waals surface area contributed by atoms with E-state index in [0.29, 0.717) is 10.4 Å². The third-order valence-corrected chi connectivity index (χ3v) is 7.58. The van der Waals surface area contributed by atoms with Gasteiger partial charge in [-0.3, -0.25) is 4.79 Å². The highest BCUT2D eigenvalue weighted by atomic mass is 32.2. The Hall–Kier alpha value is -2.44. The zero-order valence-corrected chi connectivity index (χ0v) is 16.8. The second-order valence-corrected chi connectivity index (χ2v) is 9.55. The van der Waals surface area contributed by atoms with Crippen molar-refractivity contribution in [3.05, 3.63) is 87.6 Å². The van der Waals surface area contributed by atoms with E-state index in [0.717, 1.165) is 11.1 Å². The molecule has 27 heavy (non-hydrogen) atoms. The van der Waals surface area contributed by atoms with Crippen molar-refractivity contribution in [1.29, 1.82) is 0 Å². The van der Waals surface area contributed by atoms with Gasteiger partial charge in [-0.25, -0.2) is 8.42 Å². The fourth-order valence-corrected chi connectivity index (χ4v) is 5.51. The van der Waals surface area contributed by atoms with Gasteiger partial charge in [0, 0.05) is 17.0 Å². The summed E-state index contributed by atoms with van der Waals surface area (Å²) in [5.74, 6) is -0.282. The van der Waals surface area contributed by atoms with Crippen molar-refractivity contribution >= 4 is 27.1 Å². The van der Waals surface area contributed by atoms with Crippen LogP contribution in [0.25, 0.3) is 0 Å². The van der Waals surface area contributed by atoms with Gasteiger partial charge in [-0.05, 0) is 49.6 Å². The molecule has 0 unspecified atom stereocenters. The van der Waals surface area contributed by atoms with E-state index in [1.807, 2.05) is 37.4 Å². The molecule has 3 aromatic rings. The minimum Gasteiger partial charge on any atom is -0.350 e. The number of carbonyl (C=O) groups excluding carboxylic acids is 1. The van der Waals surface area contributed by atoms with Crippen LogP contribution in [-0.4, -0.2) is 20.9 Å². The van der Waals surface area contributed by atoms with E-state index in [9.17, 15) is 13.2 Å². The first kappa shape index (κ1) is 19.3. The van der Waals surface area contributed by atoms with Gasteiger partial charge in [-0.15, -0.1) is 11.3 Å². The van der Waals surface area contributed by atoms with Crippen LogP contribution in [0.1, 0.15) is 31.6 Å². The molecule has 1 aromatic heterocycles. The van der Waals surface area contributed by atoms with Gasteiger partial charge < -0.3 is 5.32 Å². The Labute approximate surface area is 163 Å². The lowest BCUT2D eigenvalue weighted by Crippen LogP contribution is -2.31. The van der Waals surface area contributed by atoms with E-state index in [1.54, 1.807) is 42.5 Å².